The first kappa shape index (κ1) is 13.2. The highest BCUT2D eigenvalue weighted by Crippen LogP contribution is 1.96. The molecule has 0 aliphatic rings. The quantitative estimate of drug-likeness (QED) is 0.561. The molecule has 0 saturated carbocycles. The Morgan fingerprint density at radius 2 is 1.76 bits per heavy atom. The first-order valence-electron chi connectivity index (χ1n) is 5.33. The van der Waals surface area contributed by atoms with Gasteiger partial charge in [-0.05, 0) is 5.56 Å². The predicted octanol–water partition coefficient (Wildman–Crippen LogP) is 0.0654. The van der Waals surface area contributed by atoms with Crippen LogP contribution in [0.5, 0.6) is 0 Å². The average molecular weight is 236 g/mol. The average Bonchev–Trinajstić information content (AvgIpc) is 2.37. The van der Waals surface area contributed by atoms with Gasteiger partial charge in [0.2, 0.25) is 0 Å². The highest BCUT2D eigenvalue weighted by molar-refractivity contribution is 6.35. The summed E-state index contributed by atoms with van der Waals surface area (Å²) >= 11 is 0. The first-order valence-corrected chi connectivity index (χ1v) is 5.33. The number of ether oxygens (including phenoxy) is 1. The third-order valence-electron chi connectivity index (χ3n) is 2.09. The lowest BCUT2D eigenvalue weighted by Crippen LogP contribution is -2.40. The summed E-state index contributed by atoms with van der Waals surface area (Å²) in [4.78, 5) is 22.6. The highest BCUT2D eigenvalue weighted by Gasteiger charge is 2.11. The number of hydrogen-bond donors (Lipinski definition) is 2. The van der Waals surface area contributed by atoms with Crippen LogP contribution in [-0.2, 0) is 20.9 Å². The van der Waals surface area contributed by atoms with Crippen LogP contribution >= 0.6 is 0 Å². The van der Waals surface area contributed by atoms with Gasteiger partial charge in [0.1, 0.15) is 0 Å². The zero-order chi connectivity index (χ0) is 12.5. The topological polar surface area (TPSA) is 67.4 Å². The lowest BCUT2D eigenvalue weighted by atomic mass is 10.2. The summed E-state index contributed by atoms with van der Waals surface area (Å²) in [6, 6.07) is 9.40. The van der Waals surface area contributed by atoms with Crippen molar-refractivity contribution in [1.82, 2.24) is 10.6 Å². The second kappa shape index (κ2) is 7.40. The minimum Gasteiger partial charge on any atom is -0.383 e. The fraction of sp³-hybridized carbons (Fsp3) is 0.333. The molecule has 0 spiro atoms. The van der Waals surface area contributed by atoms with Crippen molar-refractivity contribution in [3.8, 4) is 0 Å². The molecule has 0 aliphatic carbocycles. The fourth-order valence-electron chi connectivity index (χ4n) is 1.21. The summed E-state index contributed by atoms with van der Waals surface area (Å²) in [6.45, 7) is 1.06. The molecule has 0 radical (unpaired) electrons. The number of carbonyl (C=O) groups excluding carboxylic acids is 2. The van der Waals surface area contributed by atoms with E-state index < -0.39 is 11.8 Å². The van der Waals surface area contributed by atoms with Crippen molar-refractivity contribution in [3.05, 3.63) is 35.9 Å². The van der Waals surface area contributed by atoms with E-state index >= 15 is 0 Å². The monoisotopic (exact) mass is 236 g/mol. The van der Waals surface area contributed by atoms with E-state index in [-0.39, 0.29) is 0 Å². The van der Waals surface area contributed by atoms with E-state index in [0.717, 1.165) is 5.56 Å². The number of carbonyl (C=O) groups is 2. The molecule has 5 nitrogen and oxygen atoms in total. The molecule has 2 amide bonds. The molecule has 0 fully saturated rings. The normalized spacial score (nSPS) is 9.71. The fourth-order valence-corrected chi connectivity index (χ4v) is 1.21. The van der Waals surface area contributed by atoms with Crippen LogP contribution in [0.3, 0.4) is 0 Å². The van der Waals surface area contributed by atoms with E-state index in [0.29, 0.717) is 19.7 Å². The number of hydrogen-bond acceptors (Lipinski definition) is 3. The van der Waals surface area contributed by atoms with Gasteiger partial charge in [0.15, 0.2) is 0 Å². The summed E-state index contributed by atoms with van der Waals surface area (Å²) in [5, 5.41) is 4.98. The molecule has 0 saturated heterocycles. The van der Waals surface area contributed by atoms with Gasteiger partial charge in [-0.25, -0.2) is 0 Å². The van der Waals surface area contributed by atoms with Crippen molar-refractivity contribution in [3.63, 3.8) is 0 Å². The maximum absolute atomic E-state index is 11.3. The van der Waals surface area contributed by atoms with Crippen LogP contribution in [0.1, 0.15) is 5.56 Å². The van der Waals surface area contributed by atoms with Crippen molar-refractivity contribution >= 4 is 11.8 Å². The summed E-state index contributed by atoms with van der Waals surface area (Å²) in [7, 11) is 1.53. The molecule has 0 atom stereocenters. The summed E-state index contributed by atoms with van der Waals surface area (Å²) < 4.78 is 4.75. The lowest BCUT2D eigenvalue weighted by molar-refractivity contribution is -0.139. The zero-order valence-corrected chi connectivity index (χ0v) is 9.73. The first-order chi connectivity index (χ1) is 8.24. The van der Waals surface area contributed by atoms with E-state index in [4.69, 9.17) is 4.74 Å². The van der Waals surface area contributed by atoms with Crippen LogP contribution in [0.15, 0.2) is 30.3 Å². The molecule has 1 aromatic rings. The van der Waals surface area contributed by atoms with Crippen LogP contribution in [0, 0.1) is 0 Å². The molecule has 0 heterocycles. The summed E-state index contributed by atoms with van der Waals surface area (Å²) in [5.41, 5.74) is 0.950. The standard InChI is InChI=1S/C12H16N2O3/c1-17-8-7-13-11(15)12(16)14-9-10-5-3-2-4-6-10/h2-6H,7-9H2,1H3,(H,13,15)(H,14,16). The minimum absolute atomic E-state index is 0.327. The van der Waals surface area contributed by atoms with Crippen LogP contribution in [0.25, 0.3) is 0 Å². The second-order valence-electron chi connectivity index (χ2n) is 3.42. The molecule has 1 rings (SSSR count). The van der Waals surface area contributed by atoms with Gasteiger partial charge in [0.05, 0.1) is 6.61 Å². The van der Waals surface area contributed by atoms with E-state index in [9.17, 15) is 9.59 Å². The number of amides is 2. The Labute approximate surface area is 100 Å². The Kier molecular flexibility index (Phi) is 5.74. The van der Waals surface area contributed by atoms with Crippen LogP contribution in [0.2, 0.25) is 0 Å². The van der Waals surface area contributed by atoms with Crippen molar-refractivity contribution in [2.75, 3.05) is 20.3 Å². The SMILES string of the molecule is COCCNC(=O)C(=O)NCc1ccccc1. The van der Waals surface area contributed by atoms with E-state index in [1.165, 1.54) is 7.11 Å². The smallest absolute Gasteiger partial charge is 0.309 e. The zero-order valence-electron chi connectivity index (χ0n) is 9.73. The molecule has 1 aromatic carbocycles. The van der Waals surface area contributed by atoms with Gasteiger partial charge in [0.25, 0.3) is 0 Å². The van der Waals surface area contributed by atoms with Crippen molar-refractivity contribution in [2.45, 2.75) is 6.54 Å². The number of benzene rings is 1. The van der Waals surface area contributed by atoms with Crippen LogP contribution in [0.4, 0.5) is 0 Å². The Hall–Kier alpha value is -1.88. The number of nitrogens with one attached hydrogen (secondary N) is 2. The Morgan fingerprint density at radius 1 is 1.12 bits per heavy atom. The molecule has 2 N–H and O–H groups in total. The largest absolute Gasteiger partial charge is 0.383 e. The predicted molar refractivity (Wildman–Crippen MR) is 63.2 cm³/mol. The second-order valence-corrected chi connectivity index (χ2v) is 3.42. The summed E-state index contributed by atoms with van der Waals surface area (Å²) in [6.07, 6.45) is 0. The van der Waals surface area contributed by atoms with Gasteiger partial charge >= 0.3 is 11.8 Å². The lowest BCUT2D eigenvalue weighted by Gasteiger charge is -2.06. The molecule has 0 bridgehead atoms. The van der Waals surface area contributed by atoms with Gasteiger partial charge in [-0.2, -0.15) is 0 Å². The van der Waals surface area contributed by atoms with Crippen molar-refractivity contribution in [2.24, 2.45) is 0 Å². The molecular weight excluding hydrogens is 220 g/mol. The van der Waals surface area contributed by atoms with Gasteiger partial charge in [0, 0.05) is 20.2 Å². The van der Waals surface area contributed by atoms with E-state index in [1.807, 2.05) is 30.3 Å². The Bertz CT molecular complexity index is 365. The number of rotatable bonds is 5. The maximum atomic E-state index is 11.3. The minimum atomic E-state index is -0.641. The Balaban J connectivity index is 2.27. The molecular formula is C12H16N2O3. The molecule has 0 aromatic heterocycles. The van der Waals surface area contributed by atoms with Gasteiger partial charge in [-0.3, -0.25) is 9.59 Å². The molecule has 17 heavy (non-hydrogen) atoms. The molecule has 5 heteroatoms. The highest BCUT2D eigenvalue weighted by atomic mass is 16.5. The van der Waals surface area contributed by atoms with Gasteiger partial charge < -0.3 is 15.4 Å². The molecule has 92 valence electrons. The van der Waals surface area contributed by atoms with Crippen molar-refractivity contribution in [1.29, 1.82) is 0 Å². The number of methoxy groups -OCH3 is 1. The van der Waals surface area contributed by atoms with E-state index in [2.05, 4.69) is 10.6 Å². The summed E-state index contributed by atoms with van der Waals surface area (Å²) in [5.74, 6) is -1.28. The van der Waals surface area contributed by atoms with Crippen LogP contribution in [-0.4, -0.2) is 32.1 Å². The van der Waals surface area contributed by atoms with Crippen molar-refractivity contribution < 1.29 is 14.3 Å². The molecule has 0 aliphatic heterocycles. The van der Waals surface area contributed by atoms with Crippen LogP contribution < -0.4 is 10.6 Å². The Morgan fingerprint density at radius 3 is 2.41 bits per heavy atom. The van der Waals surface area contributed by atoms with Gasteiger partial charge in [-0.15, -0.1) is 0 Å². The van der Waals surface area contributed by atoms with Gasteiger partial charge in [-0.1, -0.05) is 30.3 Å². The molecule has 0 unspecified atom stereocenters. The maximum Gasteiger partial charge on any atom is 0.309 e. The third-order valence-corrected chi connectivity index (χ3v) is 2.09. The third kappa shape index (κ3) is 5.12. The van der Waals surface area contributed by atoms with E-state index in [1.54, 1.807) is 0 Å².